The molecule has 0 radical (unpaired) electrons. The van der Waals surface area contributed by atoms with Gasteiger partial charge in [-0.3, -0.25) is 9.78 Å². The Kier molecular flexibility index (Phi) is 12.8. The second-order valence-corrected chi connectivity index (χ2v) is 12.4. The summed E-state index contributed by atoms with van der Waals surface area (Å²) >= 11 is 1.77. The van der Waals surface area contributed by atoms with Gasteiger partial charge in [0.25, 0.3) is 0 Å². The van der Waals surface area contributed by atoms with Gasteiger partial charge in [0.15, 0.2) is 0 Å². The lowest BCUT2D eigenvalue weighted by Crippen LogP contribution is -2.24. The lowest BCUT2D eigenvalue weighted by Gasteiger charge is -2.27. The van der Waals surface area contributed by atoms with E-state index in [0.717, 1.165) is 77.0 Å². The van der Waals surface area contributed by atoms with Crippen LogP contribution in [0.1, 0.15) is 55.9 Å². The number of benzene rings is 2. The minimum atomic E-state index is -0.0842. The summed E-state index contributed by atoms with van der Waals surface area (Å²) < 4.78 is 0. The Bertz CT molecular complexity index is 1670. The fourth-order valence-electron chi connectivity index (χ4n) is 4.79. The van der Waals surface area contributed by atoms with Crippen LogP contribution in [0.25, 0.3) is 0 Å². The van der Waals surface area contributed by atoms with Gasteiger partial charge in [-0.05, 0) is 80.1 Å². The third kappa shape index (κ3) is 10.2. The molecule has 6 rings (SSSR count). The van der Waals surface area contributed by atoms with Gasteiger partial charge in [-0.15, -0.1) is 0 Å². The first-order valence-corrected chi connectivity index (χ1v) is 16.6. The molecule has 8 nitrogen and oxygen atoms in total. The van der Waals surface area contributed by atoms with Crippen molar-refractivity contribution < 1.29 is 4.79 Å². The molecule has 2 aromatic heterocycles. The summed E-state index contributed by atoms with van der Waals surface area (Å²) in [5, 5.41) is 10.6. The zero-order valence-corrected chi connectivity index (χ0v) is 28.4. The first kappa shape index (κ1) is 34.2. The van der Waals surface area contributed by atoms with Crippen LogP contribution >= 0.6 is 11.8 Å². The van der Waals surface area contributed by atoms with Crippen molar-refractivity contribution in [3.05, 3.63) is 113 Å². The average molecular weight is 636 g/mol. The third-order valence-electron chi connectivity index (χ3n) is 7.12. The first-order valence-electron chi connectivity index (χ1n) is 15.8. The minimum Gasteiger partial charge on any atom is -0.363 e. The summed E-state index contributed by atoms with van der Waals surface area (Å²) in [5.74, 6) is 1.16. The number of pyridine rings is 1. The van der Waals surface area contributed by atoms with Crippen LogP contribution in [-0.4, -0.2) is 38.8 Å². The van der Waals surface area contributed by atoms with Gasteiger partial charge in [-0.2, -0.15) is 4.98 Å². The number of thioether (sulfide) groups is 1. The molecule has 2 aliphatic rings. The highest BCUT2D eigenvalue weighted by atomic mass is 32.2. The van der Waals surface area contributed by atoms with E-state index in [1.54, 1.807) is 24.2 Å². The predicted octanol–water partition coefficient (Wildman–Crippen LogP) is 8.96. The summed E-state index contributed by atoms with van der Waals surface area (Å²) in [6.45, 7) is 16.1. The van der Waals surface area contributed by atoms with E-state index in [4.69, 9.17) is 0 Å². The summed E-state index contributed by atoms with van der Waals surface area (Å²) in [6, 6.07) is 16.4. The van der Waals surface area contributed by atoms with Gasteiger partial charge in [-0.25, -0.2) is 4.98 Å². The van der Waals surface area contributed by atoms with E-state index in [-0.39, 0.29) is 5.91 Å². The first-order chi connectivity index (χ1) is 22.2. The molecule has 46 heavy (non-hydrogen) atoms. The Balaban J connectivity index is 0.000000215. The number of aromatic nitrogens is 3. The number of rotatable bonds is 4. The van der Waals surface area contributed by atoms with Crippen molar-refractivity contribution in [3.63, 3.8) is 0 Å². The quantitative estimate of drug-likeness (QED) is 0.151. The number of nitrogens with zero attached hydrogens (tertiary/aromatic N) is 4. The molecule has 2 aliphatic heterocycles. The van der Waals surface area contributed by atoms with Crippen molar-refractivity contribution in [1.82, 2.24) is 19.9 Å². The molecule has 240 valence electrons. The van der Waals surface area contributed by atoms with Crippen LogP contribution in [0.15, 0.2) is 95.8 Å². The largest absolute Gasteiger partial charge is 0.363 e. The molecular formula is C37H45N7OS. The highest BCUT2D eigenvalue weighted by Crippen LogP contribution is 2.31. The van der Waals surface area contributed by atoms with E-state index in [2.05, 4.69) is 106 Å². The van der Waals surface area contributed by atoms with Crippen LogP contribution in [0.4, 0.5) is 28.8 Å². The molecule has 4 aromatic rings. The van der Waals surface area contributed by atoms with Crippen molar-refractivity contribution in [2.75, 3.05) is 29.0 Å². The summed E-state index contributed by atoms with van der Waals surface area (Å²) in [4.78, 5) is 28.4. The Hall–Kier alpha value is -4.63. The second-order valence-electron chi connectivity index (χ2n) is 11.3. The van der Waals surface area contributed by atoms with Gasteiger partial charge in [0.05, 0.1) is 16.9 Å². The molecule has 9 heteroatoms. The van der Waals surface area contributed by atoms with Crippen molar-refractivity contribution in [2.45, 2.75) is 65.2 Å². The number of aryl methyl sites for hydroxylation is 4. The summed E-state index contributed by atoms with van der Waals surface area (Å²) in [5.41, 5.74) is 6.99. The third-order valence-corrected chi connectivity index (χ3v) is 8.29. The molecule has 0 fully saturated rings. The van der Waals surface area contributed by atoms with Gasteiger partial charge in [-0.1, -0.05) is 69.0 Å². The standard InChI is InChI=1S/C20H20N6O.C14H17NS.C3H8/c1-12-9-22-20-25-17-7-14(10-21-11-17)3-4-15-8-16(24-19(12)26-20)5-6-18(15)23-13(2)27;1-12-8-4-5-9-14(12)16-13(2)15-10-6-3-7-11-15;1-3-2/h5-11H,3-4H2,1-2H3,(H,23,27)(H2,22,24,25,26);3-6,8-9H,2,7,10-11H2,1H3;3H2,1-2H3. The molecule has 0 atom stereocenters. The number of fused-ring (bicyclic) bond motifs is 6. The van der Waals surface area contributed by atoms with Crippen molar-refractivity contribution >= 4 is 46.5 Å². The Morgan fingerprint density at radius 1 is 0.978 bits per heavy atom. The molecule has 6 bridgehead atoms. The molecule has 2 aromatic carbocycles. The predicted molar refractivity (Wildman–Crippen MR) is 193 cm³/mol. The van der Waals surface area contributed by atoms with Crippen LogP contribution in [-0.2, 0) is 17.6 Å². The maximum atomic E-state index is 11.5. The fraction of sp³-hybridized carbons (Fsp3) is 0.297. The lowest BCUT2D eigenvalue weighted by molar-refractivity contribution is -0.114. The Morgan fingerprint density at radius 2 is 1.78 bits per heavy atom. The summed E-state index contributed by atoms with van der Waals surface area (Å²) in [6.07, 6.45) is 13.8. The zero-order valence-electron chi connectivity index (χ0n) is 27.6. The van der Waals surface area contributed by atoms with Crippen LogP contribution in [0.5, 0.6) is 0 Å². The topological polar surface area (TPSA) is 95.1 Å². The number of hydrogen-bond donors (Lipinski definition) is 3. The number of carbonyl (C=O) groups excluding carboxylic acids is 1. The SMILES string of the molecule is C=C(Sc1ccccc1C)N1CC=CCC1.CC(=O)Nc1ccc2cc1CCc1cncc(c1)Nc1ncc(C)c(n1)N2.CCC. The molecule has 1 amide bonds. The lowest BCUT2D eigenvalue weighted by atomic mass is 10.0. The number of amides is 1. The second kappa shape index (κ2) is 17.2. The molecule has 0 aliphatic carbocycles. The minimum absolute atomic E-state index is 0.0842. The number of carbonyl (C=O) groups is 1. The maximum absolute atomic E-state index is 11.5. The van der Waals surface area contributed by atoms with E-state index in [0.29, 0.717) is 5.95 Å². The molecule has 0 saturated carbocycles. The normalized spacial score (nSPS) is 13.0. The van der Waals surface area contributed by atoms with Gasteiger partial charge in [0.1, 0.15) is 5.82 Å². The molecular weight excluding hydrogens is 591 g/mol. The van der Waals surface area contributed by atoms with Gasteiger partial charge in [0, 0.05) is 54.2 Å². The van der Waals surface area contributed by atoms with Crippen LogP contribution in [0.3, 0.4) is 0 Å². The zero-order chi connectivity index (χ0) is 32.9. The smallest absolute Gasteiger partial charge is 0.229 e. The van der Waals surface area contributed by atoms with Crippen LogP contribution < -0.4 is 16.0 Å². The molecule has 3 N–H and O–H groups in total. The molecule has 0 saturated heterocycles. The van der Waals surface area contributed by atoms with E-state index in [1.165, 1.54) is 23.8 Å². The Morgan fingerprint density at radius 3 is 2.52 bits per heavy atom. The highest BCUT2D eigenvalue weighted by molar-refractivity contribution is 8.03. The maximum Gasteiger partial charge on any atom is 0.229 e. The van der Waals surface area contributed by atoms with Crippen molar-refractivity contribution in [2.24, 2.45) is 0 Å². The van der Waals surface area contributed by atoms with Gasteiger partial charge < -0.3 is 20.9 Å². The monoisotopic (exact) mass is 635 g/mol. The van der Waals surface area contributed by atoms with Gasteiger partial charge >= 0.3 is 0 Å². The average Bonchev–Trinajstić information content (AvgIpc) is 3.05. The number of hydrogen-bond acceptors (Lipinski definition) is 8. The van der Waals surface area contributed by atoms with E-state index in [9.17, 15) is 4.79 Å². The van der Waals surface area contributed by atoms with Gasteiger partial charge in [0.2, 0.25) is 11.9 Å². The highest BCUT2D eigenvalue weighted by Gasteiger charge is 2.12. The van der Waals surface area contributed by atoms with E-state index in [1.807, 2.05) is 31.3 Å². The van der Waals surface area contributed by atoms with Crippen molar-refractivity contribution in [1.29, 1.82) is 0 Å². The van der Waals surface area contributed by atoms with Crippen LogP contribution in [0, 0.1) is 13.8 Å². The number of nitrogens with one attached hydrogen (secondary N) is 3. The summed E-state index contributed by atoms with van der Waals surface area (Å²) in [7, 11) is 0. The number of anilines is 5. The van der Waals surface area contributed by atoms with E-state index < -0.39 is 0 Å². The molecule has 4 heterocycles. The van der Waals surface area contributed by atoms with E-state index >= 15 is 0 Å². The van der Waals surface area contributed by atoms with Crippen molar-refractivity contribution in [3.8, 4) is 0 Å². The fourth-order valence-corrected chi connectivity index (χ4v) is 5.71. The Labute approximate surface area is 277 Å². The van der Waals surface area contributed by atoms with Crippen LogP contribution in [0.2, 0.25) is 0 Å². The molecule has 0 unspecified atom stereocenters. The molecule has 0 spiro atoms.